The lowest BCUT2D eigenvalue weighted by molar-refractivity contribution is 0.284. The lowest BCUT2D eigenvalue weighted by Crippen LogP contribution is -2.13. The largest absolute Gasteiger partial charge is 0.524 e. The molecule has 2 N–H and O–H groups in total. The predicted molar refractivity (Wildman–Crippen MR) is 73.8 cm³/mol. The smallest absolute Gasteiger partial charge is 0.441 e. The molecule has 2 aromatic rings. The maximum absolute atomic E-state index is 12.2. The fraction of sp³-hybridized carbons (Fsp3) is 0. The first-order valence-corrected chi connectivity index (χ1v) is 8.50. The second kappa shape index (κ2) is 4.76. The third-order valence-electron chi connectivity index (χ3n) is 2.83. The molecule has 2 aromatic carbocycles. The van der Waals surface area contributed by atoms with Crippen LogP contribution in [0.4, 0.5) is 0 Å². The highest BCUT2D eigenvalue weighted by molar-refractivity contribution is 7.50. The van der Waals surface area contributed by atoms with Gasteiger partial charge in [-0.3, -0.25) is 14.4 Å². The van der Waals surface area contributed by atoms with Gasteiger partial charge in [0.05, 0.1) is 5.30 Å². The van der Waals surface area contributed by atoms with Crippen molar-refractivity contribution in [2.75, 3.05) is 0 Å². The molecule has 6 nitrogen and oxygen atoms in total. The minimum atomic E-state index is -4.72. The van der Waals surface area contributed by atoms with Crippen LogP contribution in [-0.4, -0.2) is 9.79 Å². The number of hydrogen-bond donors (Lipinski definition) is 2. The molecule has 0 radical (unpaired) electrons. The summed E-state index contributed by atoms with van der Waals surface area (Å²) >= 11 is 0. The van der Waals surface area contributed by atoms with Gasteiger partial charge >= 0.3 is 7.82 Å². The van der Waals surface area contributed by atoms with Crippen LogP contribution in [0.2, 0.25) is 0 Å². The van der Waals surface area contributed by atoms with Crippen molar-refractivity contribution in [1.82, 2.24) is 0 Å². The van der Waals surface area contributed by atoms with E-state index < -0.39 is 15.9 Å². The van der Waals surface area contributed by atoms with E-state index in [0.29, 0.717) is 16.9 Å². The normalized spacial score (nSPS) is 16.8. The third kappa shape index (κ3) is 2.39. The van der Waals surface area contributed by atoms with Crippen molar-refractivity contribution in [2.24, 2.45) is 0 Å². The third-order valence-corrected chi connectivity index (χ3v) is 4.59. The fourth-order valence-electron chi connectivity index (χ4n) is 2.10. The highest BCUT2D eigenvalue weighted by atomic mass is 31.2. The molecule has 1 atom stereocenters. The topological polar surface area (TPSA) is 93.1 Å². The van der Waals surface area contributed by atoms with Crippen molar-refractivity contribution >= 4 is 21.2 Å². The van der Waals surface area contributed by atoms with Crippen molar-refractivity contribution in [3.05, 3.63) is 42.5 Å². The van der Waals surface area contributed by atoms with Crippen molar-refractivity contribution < 1.29 is 28.0 Å². The van der Waals surface area contributed by atoms with Gasteiger partial charge in [-0.25, -0.2) is 4.57 Å². The molecule has 0 fully saturated rings. The molecule has 0 saturated carbocycles. The molecule has 1 unspecified atom stereocenters. The molecule has 8 heteroatoms. The molecular weight excluding hydrogens is 302 g/mol. The predicted octanol–water partition coefficient (Wildman–Crippen LogP) is 2.32. The molecule has 0 aliphatic carbocycles. The van der Waals surface area contributed by atoms with Gasteiger partial charge in [-0.05, 0) is 12.1 Å². The zero-order chi connectivity index (χ0) is 14.3. The molecule has 1 heterocycles. The Kier molecular flexibility index (Phi) is 3.19. The summed E-state index contributed by atoms with van der Waals surface area (Å²) in [5.41, 5.74) is 1.31. The quantitative estimate of drug-likeness (QED) is 0.827. The number of fused-ring (bicyclic) bond motifs is 3. The lowest BCUT2D eigenvalue weighted by Gasteiger charge is -2.22. The van der Waals surface area contributed by atoms with Crippen LogP contribution in [0.3, 0.4) is 0 Å². The maximum Gasteiger partial charge on any atom is 0.524 e. The average molecular weight is 312 g/mol. The summed E-state index contributed by atoms with van der Waals surface area (Å²) in [6.45, 7) is 0. The Balaban J connectivity index is 2.22. The van der Waals surface area contributed by atoms with Gasteiger partial charge in [0, 0.05) is 11.1 Å². The number of benzene rings is 2. The van der Waals surface area contributed by atoms with Crippen molar-refractivity contribution in [3.63, 3.8) is 0 Å². The molecular formula is C12H10O6P2. The van der Waals surface area contributed by atoms with E-state index in [1.165, 1.54) is 6.07 Å². The summed E-state index contributed by atoms with van der Waals surface area (Å²) in [5.74, 6) is 0.367. The number of phosphoric acid groups is 1. The fourth-order valence-corrected chi connectivity index (χ4v) is 3.85. The highest BCUT2D eigenvalue weighted by Gasteiger charge is 2.28. The first-order valence-electron chi connectivity index (χ1n) is 5.65. The minimum absolute atomic E-state index is 0.116. The summed E-state index contributed by atoms with van der Waals surface area (Å²) < 4.78 is 33.1. The van der Waals surface area contributed by atoms with Crippen LogP contribution in [0.1, 0.15) is 0 Å². The van der Waals surface area contributed by atoms with E-state index in [-0.39, 0.29) is 11.1 Å². The molecule has 0 bridgehead atoms. The van der Waals surface area contributed by atoms with E-state index in [2.05, 4.69) is 4.52 Å². The highest BCUT2D eigenvalue weighted by Crippen LogP contribution is 2.47. The van der Waals surface area contributed by atoms with Crippen LogP contribution in [-0.2, 0) is 9.13 Å². The lowest BCUT2D eigenvalue weighted by atomic mass is 10.0. The molecule has 1 aliphatic rings. The van der Waals surface area contributed by atoms with Crippen LogP contribution in [0.15, 0.2) is 42.5 Å². The minimum Gasteiger partial charge on any atom is -0.441 e. The Hall–Kier alpha value is -1.58. The zero-order valence-electron chi connectivity index (χ0n) is 10.0. The number of rotatable bonds is 2. The van der Waals surface area contributed by atoms with Crippen molar-refractivity contribution in [2.45, 2.75) is 0 Å². The Morgan fingerprint density at radius 3 is 2.50 bits per heavy atom. The standard InChI is InChI=1S/C12H10O6P2/c13-19-12-9(8-4-1-2-6-10(8)17-19)5-3-7-11(12)18-20(14,15)16/h1-7,19H,(H2,14,15,16). The van der Waals surface area contributed by atoms with Crippen LogP contribution in [0.5, 0.6) is 11.5 Å². The molecule has 0 spiro atoms. The van der Waals surface area contributed by atoms with Gasteiger partial charge in [0.1, 0.15) is 11.5 Å². The summed E-state index contributed by atoms with van der Waals surface area (Å²) in [4.78, 5) is 17.8. The van der Waals surface area contributed by atoms with Gasteiger partial charge in [0.2, 0.25) is 0 Å². The number of phosphoric ester groups is 1. The van der Waals surface area contributed by atoms with Gasteiger partial charge in [0.25, 0.3) is 8.03 Å². The van der Waals surface area contributed by atoms with Gasteiger partial charge in [-0.2, -0.15) is 0 Å². The van der Waals surface area contributed by atoms with Gasteiger partial charge in [-0.1, -0.05) is 30.3 Å². The molecule has 0 saturated heterocycles. The Labute approximate surface area is 115 Å². The molecule has 1 aliphatic heterocycles. The monoisotopic (exact) mass is 312 g/mol. The van der Waals surface area contributed by atoms with Crippen molar-refractivity contribution in [3.8, 4) is 22.6 Å². The van der Waals surface area contributed by atoms with Crippen LogP contribution in [0.25, 0.3) is 11.1 Å². The second-order valence-corrected chi connectivity index (χ2v) is 6.59. The zero-order valence-corrected chi connectivity index (χ0v) is 11.9. The summed E-state index contributed by atoms with van der Waals surface area (Å²) in [6.07, 6.45) is 0. The summed E-state index contributed by atoms with van der Waals surface area (Å²) in [5, 5.41) is 0.194. The molecule has 0 aromatic heterocycles. The Bertz CT molecular complexity index is 751. The maximum atomic E-state index is 12.2. The second-order valence-electron chi connectivity index (χ2n) is 4.15. The number of hydrogen-bond acceptors (Lipinski definition) is 4. The van der Waals surface area contributed by atoms with E-state index in [0.717, 1.165) is 0 Å². The molecule has 3 rings (SSSR count). The van der Waals surface area contributed by atoms with Gasteiger partial charge in [-0.15, -0.1) is 0 Å². The Morgan fingerprint density at radius 2 is 1.75 bits per heavy atom. The van der Waals surface area contributed by atoms with E-state index in [4.69, 9.17) is 14.3 Å². The van der Waals surface area contributed by atoms with Gasteiger partial charge < -0.3 is 9.05 Å². The molecule has 104 valence electrons. The van der Waals surface area contributed by atoms with E-state index >= 15 is 0 Å². The van der Waals surface area contributed by atoms with E-state index in [1.54, 1.807) is 36.4 Å². The van der Waals surface area contributed by atoms with Crippen molar-refractivity contribution in [1.29, 1.82) is 0 Å². The summed E-state index contributed by atoms with van der Waals surface area (Å²) in [6, 6.07) is 11.7. The average Bonchev–Trinajstić information content (AvgIpc) is 2.37. The first kappa shape index (κ1) is 13.4. The molecule has 0 amide bonds. The van der Waals surface area contributed by atoms with Crippen LogP contribution >= 0.6 is 15.9 Å². The van der Waals surface area contributed by atoms with Gasteiger partial charge in [0.15, 0.2) is 0 Å². The Morgan fingerprint density at radius 1 is 1.05 bits per heavy atom. The van der Waals surface area contributed by atoms with E-state index in [9.17, 15) is 9.13 Å². The molecule has 20 heavy (non-hydrogen) atoms. The van der Waals surface area contributed by atoms with Crippen LogP contribution in [0, 0.1) is 0 Å². The SMILES string of the molecule is O=[PH]1Oc2ccccc2-c2cccc(OP(=O)(O)O)c21. The summed E-state index contributed by atoms with van der Waals surface area (Å²) in [7, 11) is -7.40. The van der Waals surface area contributed by atoms with E-state index in [1.807, 2.05) is 0 Å². The number of para-hydroxylation sites is 1. The van der Waals surface area contributed by atoms with Crippen LogP contribution < -0.4 is 14.4 Å². The first-order chi connectivity index (χ1) is 9.46.